The van der Waals surface area contributed by atoms with Crippen LogP contribution < -0.4 is 10.3 Å². The average Bonchev–Trinajstić information content (AvgIpc) is 3.39. The van der Waals surface area contributed by atoms with Crippen LogP contribution in [0.4, 0.5) is 0 Å². The summed E-state index contributed by atoms with van der Waals surface area (Å²) in [6.45, 7) is 0.240. The van der Waals surface area contributed by atoms with Gasteiger partial charge in [0.2, 0.25) is 0 Å². The molecule has 11 heteroatoms. The summed E-state index contributed by atoms with van der Waals surface area (Å²) in [7, 11) is 0. The molecule has 208 valence electrons. The molecule has 11 nitrogen and oxygen atoms in total. The van der Waals surface area contributed by atoms with Gasteiger partial charge in [0.15, 0.2) is 17.0 Å². The monoisotopic (exact) mass is 547 g/mol. The first kappa shape index (κ1) is 27.0. The van der Waals surface area contributed by atoms with Crippen molar-refractivity contribution in [2.45, 2.75) is 51.5 Å². The lowest BCUT2D eigenvalue weighted by Gasteiger charge is -2.23. The average molecular weight is 548 g/mol. The van der Waals surface area contributed by atoms with Crippen molar-refractivity contribution in [3.63, 3.8) is 0 Å². The molecule has 1 aliphatic rings. The van der Waals surface area contributed by atoms with Crippen molar-refractivity contribution < 1.29 is 33.8 Å². The molecule has 0 spiro atoms. The maximum absolute atomic E-state index is 13.2. The Hall–Kier alpha value is -4.54. The number of hydrogen-bond donors (Lipinski definition) is 2. The SMILES string of the molecule is O=C(CC(CCn1nnc2ccccc2c1=O)(C(=O)O)C(=O)O)c1cc2cc(OCC3CCCCC3)ccc2o1. The fraction of sp³-hybridized carbons (Fsp3) is 0.379. The zero-order valence-corrected chi connectivity index (χ0v) is 21.7. The molecular formula is C29H29N3O8. The number of aryl methyl sites for hydroxylation is 1. The molecule has 0 amide bonds. The minimum Gasteiger partial charge on any atom is -0.493 e. The minimum atomic E-state index is -2.52. The van der Waals surface area contributed by atoms with Gasteiger partial charge in [-0.25, -0.2) is 4.68 Å². The van der Waals surface area contributed by atoms with E-state index in [2.05, 4.69) is 10.3 Å². The van der Waals surface area contributed by atoms with Crippen molar-refractivity contribution in [2.75, 3.05) is 6.61 Å². The van der Waals surface area contributed by atoms with Crippen LogP contribution in [0.25, 0.3) is 21.9 Å². The molecule has 0 radical (unpaired) electrons. The Morgan fingerprint density at radius 2 is 1.77 bits per heavy atom. The molecule has 5 rings (SSSR count). The second-order valence-corrected chi connectivity index (χ2v) is 10.3. The van der Waals surface area contributed by atoms with Crippen LogP contribution in [0, 0.1) is 11.3 Å². The molecule has 0 aliphatic heterocycles. The number of aromatic nitrogens is 3. The lowest BCUT2D eigenvalue weighted by atomic mass is 9.79. The number of carbonyl (C=O) groups excluding carboxylic acids is 1. The summed E-state index contributed by atoms with van der Waals surface area (Å²) in [6.07, 6.45) is 4.51. The van der Waals surface area contributed by atoms with Gasteiger partial charge in [0.05, 0.1) is 12.0 Å². The third-order valence-electron chi connectivity index (χ3n) is 7.63. The van der Waals surface area contributed by atoms with Crippen LogP contribution in [0.5, 0.6) is 5.75 Å². The van der Waals surface area contributed by atoms with Gasteiger partial charge in [0, 0.05) is 18.4 Å². The Balaban J connectivity index is 1.33. The van der Waals surface area contributed by atoms with Crippen LogP contribution in [0.15, 0.2) is 57.7 Å². The molecule has 2 N–H and O–H groups in total. The molecule has 0 bridgehead atoms. The number of nitrogens with zero attached hydrogens (tertiary/aromatic N) is 3. The van der Waals surface area contributed by atoms with Gasteiger partial charge in [-0.3, -0.25) is 19.2 Å². The summed E-state index contributed by atoms with van der Waals surface area (Å²) in [5.41, 5.74) is -2.31. The first-order valence-electron chi connectivity index (χ1n) is 13.3. The summed E-state index contributed by atoms with van der Waals surface area (Å²) >= 11 is 0. The molecular weight excluding hydrogens is 518 g/mol. The van der Waals surface area contributed by atoms with Crippen LogP contribution in [0.2, 0.25) is 0 Å². The van der Waals surface area contributed by atoms with Gasteiger partial charge in [-0.2, -0.15) is 0 Å². The van der Waals surface area contributed by atoms with E-state index in [9.17, 15) is 29.4 Å². The van der Waals surface area contributed by atoms with E-state index in [-0.39, 0.29) is 17.7 Å². The molecule has 1 fully saturated rings. The lowest BCUT2D eigenvalue weighted by molar-refractivity contribution is -0.165. The molecule has 0 saturated heterocycles. The standard InChI is InChI=1S/C29H29N3O8/c33-23(25-15-19-14-20(10-11-24(19)40-25)39-17-18-6-2-1-3-7-18)16-29(27(35)36,28(37)38)12-13-32-26(34)21-8-4-5-9-22(21)30-31-32/h4-5,8-11,14-15,18H,1-3,6-7,12-13,16-17H2,(H,35,36)(H,37,38). The maximum atomic E-state index is 13.2. The van der Waals surface area contributed by atoms with Crippen molar-refractivity contribution in [2.24, 2.45) is 11.3 Å². The zero-order valence-electron chi connectivity index (χ0n) is 21.7. The van der Waals surface area contributed by atoms with Gasteiger partial charge >= 0.3 is 11.9 Å². The van der Waals surface area contributed by atoms with E-state index in [1.54, 1.807) is 42.5 Å². The third-order valence-corrected chi connectivity index (χ3v) is 7.63. The van der Waals surface area contributed by atoms with Crippen molar-refractivity contribution in [3.05, 3.63) is 64.6 Å². The number of aliphatic carboxylic acids is 2. The molecule has 2 aromatic heterocycles. The van der Waals surface area contributed by atoms with Crippen LogP contribution in [0.1, 0.15) is 55.5 Å². The van der Waals surface area contributed by atoms with E-state index in [1.807, 2.05) is 0 Å². The van der Waals surface area contributed by atoms with E-state index in [4.69, 9.17) is 9.15 Å². The molecule has 2 heterocycles. The smallest absolute Gasteiger partial charge is 0.321 e. The summed E-state index contributed by atoms with van der Waals surface area (Å²) in [5.74, 6) is -3.21. The number of benzene rings is 2. The Labute approximate surface area is 228 Å². The van der Waals surface area contributed by atoms with E-state index in [0.29, 0.717) is 34.8 Å². The number of hydrogen-bond acceptors (Lipinski definition) is 8. The van der Waals surface area contributed by atoms with Gasteiger partial charge in [0.25, 0.3) is 5.56 Å². The summed E-state index contributed by atoms with van der Waals surface area (Å²) < 4.78 is 12.5. The summed E-state index contributed by atoms with van der Waals surface area (Å²) in [4.78, 5) is 50.5. The number of ether oxygens (including phenoxy) is 1. The first-order valence-corrected chi connectivity index (χ1v) is 13.3. The number of carboxylic acid groups (broad SMARTS) is 2. The molecule has 0 unspecified atom stereocenters. The van der Waals surface area contributed by atoms with Crippen molar-refractivity contribution >= 4 is 39.6 Å². The number of rotatable bonds is 11. The van der Waals surface area contributed by atoms with Gasteiger partial charge in [-0.1, -0.05) is 36.6 Å². The molecule has 2 aromatic carbocycles. The highest BCUT2D eigenvalue weighted by Crippen LogP contribution is 2.33. The third kappa shape index (κ3) is 5.45. The van der Waals surface area contributed by atoms with Crippen LogP contribution in [-0.2, 0) is 16.1 Å². The zero-order chi connectivity index (χ0) is 28.3. The van der Waals surface area contributed by atoms with Crippen molar-refractivity contribution in [1.82, 2.24) is 15.0 Å². The quantitative estimate of drug-likeness (QED) is 0.204. The lowest BCUT2D eigenvalue weighted by Crippen LogP contribution is -2.43. The number of carboxylic acids is 2. The van der Waals surface area contributed by atoms with Crippen LogP contribution in [-0.4, -0.2) is 49.5 Å². The highest BCUT2D eigenvalue weighted by Gasteiger charge is 2.48. The number of Topliss-reactive ketones (excluding diaryl/α,β-unsaturated/α-hetero) is 1. The molecule has 40 heavy (non-hydrogen) atoms. The minimum absolute atomic E-state index is 0.158. The van der Waals surface area contributed by atoms with Crippen LogP contribution in [0.3, 0.4) is 0 Å². The Morgan fingerprint density at radius 3 is 2.52 bits per heavy atom. The highest BCUT2D eigenvalue weighted by atomic mass is 16.5. The van der Waals surface area contributed by atoms with Crippen LogP contribution >= 0.6 is 0 Å². The topological polar surface area (TPSA) is 162 Å². The van der Waals surface area contributed by atoms with Gasteiger partial charge < -0.3 is 19.4 Å². The Kier molecular flexibility index (Phi) is 7.63. The predicted molar refractivity (Wildman–Crippen MR) is 143 cm³/mol. The van der Waals surface area contributed by atoms with Crippen molar-refractivity contribution in [3.8, 4) is 5.75 Å². The summed E-state index contributed by atoms with van der Waals surface area (Å²) in [5, 5.41) is 28.5. The Morgan fingerprint density at radius 1 is 1.02 bits per heavy atom. The van der Waals surface area contributed by atoms with Crippen molar-refractivity contribution in [1.29, 1.82) is 0 Å². The largest absolute Gasteiger partial charge is 0.493 e. The second kappa shape index (κ2) is 11.3. The highest BCUT2D eigenvalue weighted by molar-refractivity contribution is 6.06. The second-order valence-electron chi connectivity index (χ2n) is 10.3. The van der Waals surface area contributed by atoms with E-state index in [1.165, 1.54) is 25.3 Å². The number of carbonyl (C=O) groups is 3. The molecule has 4 aromatic rings. The maximum Gasteiger partial charge on any atom is 0.321 e. The summed E-state index contributed by atoms with van der Waals surface area (Å²) in [6, 6.07) is 13.1. The van der Waals surface area contributed by atoms with E-state index < -0.39 is 41.5 Å². The number of furan rings is 1. The fourth-order valence-corrected chi connectivity index (χ4v) is 5.19. The Bertz CT molecular complexity index is 1620. The van der Waals surface area contributed by atoms with E-state index in [0.717, 1.165) is 17.5 Å². The fourth-order valence-electron chi connectivity index (χ4n) is 5.19. The molecule has 0 atom stereocenters. The first-order chi connectivity index (χ1) is 19.3. The van der Waals surface area contributed by atoms with E-state index >= 15 is 0 Å². The molecule has 1 aliphatic carbocycles. The predicted octanol–water partition coefficient (Wildman–Crippen LogP) is 4.32. The normalized spacial score (nSPS) is 14.4. The van der Waals surface area contributed by atoms with Gasteiger partial charge in [0.1, 0.15) is 16.8 Å². The molecule has 1 saturated carbocycles. The van der Waals surface area contributed by atoms with Gasteiger partial charge in [-0.05, 0) is 61.6 Å². The number of fused-ring (bicyclic) bond motifs is 2. The number of ketones is 1. The van der Waals surface area contributed by atoms with Gasteiger partial charge in [-0.15, -0.1) is 5.10 Å².